The molecule has 0 aromatic rings. The van der Waals surface area contributed by atoms with Crippen molar-refractivity contribution >= 4 is 6.09 Å². The van der Waals surface area contributed by atoms with Crippen LogP contribution in [0.15, 0.2) is 0 Å². The Morgan fingerprint density at radius 2 is 1.84 bits per heavy atom. The standard InChI is InChI=1S/C15H28N2O2/c1-15(2,3)19-14(18)17(4)8-7-11-9-12-5-6-13(10-11)16-12/h11-13,16H,5-10H2,1-4H3. The zero-order valence-corrected chi connectivity index (χ0v) is 12.7. The molecular weight excluding hydrogens is 240 g/mol. The van der Waals surface area contributed by atoms with E-state index in [9.17, 15) is 4.79 Å². The first-order chi connectivity index (χ1) is 8.83. The summed E-state index contributed by atoms with van der Waals surface area (Å²) < 4.78 is 5.37. The molecule has 2 rings (SSSR count). The molecule has 0 aromatic heterocycles. The first kappa shape index (κ1) is 14.6. The molecule has 0 saturated carbocycles. The highest BCUT2D eigenvalue weighted by atomic mass is 16.6. The number of fused-ring (bicyclic) bond motifs is 2. The van der Waals surface area contributed by atoms with Gasteiger partial charge in [0.05, 0.1) is 0 Å². The minimum Gasteiger partial charge on any atom is -0.444 e. The predicted molar refractivity (Wildman–Crippen MR) is 76.2 cm³/mol. The molecule has 1 N–H and O–H groups in total. The molecule has 110 valence electrons. The van der Waals surface area contributed by atoms with Crippen molar-refractivity contribution < 1.29 is 9.53 Å². The molecule has 0 aliphatic carbocycles. The fourth-order valence-corrected chi connectivity index (χ4v) is 3.22. The molecular formula is C15H28N2O2. The van der Waals surface area contributed by atoms with Crippen molar-refractivity contribution in [3.63, 3.8) is 0 Å². The van der Waals surface area contributed by atoms with Gasteiger partial charge in [-0.2, -0.15) is 0 Å². The minimum atomic E-state index is -0.404. The fourth-order valence-electron chi connectivity index (χ4n) is 3.22. The van der Waals surface area contributed by atoms with E-state index in [4.69, 9.17) is 4.74 Å². The lowest BCUT2D eigenvalue weighted by Gasteiger charge is -2.31. The molecule has 2 atom stereocenters. The highest BCUT2D eigenvalue weighted by Gasteiger charge is 2.33. The van der Waals surface area contributed by atoms with Crippen LogP contribution >= 0.6 is 0 Å². The highest BCUT2D eigenvalue weighted by molar-refractivity contribution is 5.67. The molecule has 2 saturated heterocycles. The van der Waals surface area contributed by atoms with Crippen LogP contribution < -0.4 is 5.32 Å². The van der Waals surface area contributed by atoms with Crippen molar-refractivity contribution in [1.82, 2.24) is 10.2 Å². The number of nitrogens with zero attached hydrogens (tertiary/aromatic N) is 1. The van der Waals surface area contributed by atoms with E-state index >= 15 is 0 Å². The number of ether oxygens (including phenoxy) is 1. The summed E-state index contributed by atoms with van der Waals surface area (Å²) in [6, 6.07) is 1.46. The number of rotatable bonds is 3. The Labute approximate surface area is 116 Å². The average molecular weight is 268 g/mol. The van der Waals surface area contributed by atoms with Crippen molar-refractivity contribution in [1.29, 1.82) is 0 Å². The number of piperidine rings is 1. The van der Waals surface area contributed by atoms with Crippen LogP contribution in [-0.4, -0.2) is 42.3 Å². The molecule has 2 fully saturated rings. The van der Waals surface area contributed by atoms with Gasteiger partial charge in [-0.1, -0.05) is 0 Å². The smallest absolute Gasteiger partial charge is 0.410 e. The van der Waals surface area contributed by atoms with Crippen molar-refractivity contribution in [2.24, 2.45) is 5.92 Å². The van der Waals surface area contributed by atoms with Crippen molar-refractivity contribution in [2.75, 3.05) is 13.6 Å². The summed E-state index contributed by atoms with van der Waals surface area (Å²) in [4.78, 5) is 13.6. The van der Waals surface area contributed by atoms with Gasteiger partial charge in [-0.05, 0) is 58.8 Å². The molecule has 2 unspecified atom stereocenters. The number of carbonyl (C=O) groups is 1. The maximum absolute atomic E-state index is 11.9. The number of nitrogens with one attached hydrogen (secondary N) is 1. The van der Waals surface area contributed by atoms with Gasteiger partial charge in [0.25, 0.3) is 0 Å². The van der Waals surface area contributed by atoms with E-state index in [1.165, 1.54) is 25.7 Å². The van der Waals surface area contributed by atoms with E-state index in [-0.39, 0.29) is 6.09 Å². The van der Waals surface area contributed by atoms with Crippen LogP contribution in [0.2, 0.25) is 0 Å². The molecule has 0 aromatic carbocycles. The van der Waals surface area contributed by atoms with Gasteiger partial charge < -0.3 is 15.0 Å². The van der Waals surface area contributed by atoms with E-state index in [2.05, 4.69) is 5.32 Å². The molecule has 1 amide bonds. The van der Waals surface area contributed by atoms with E-state index < -0.39 is 5.60 Å². The van der Waals surface area contributed by atoms with Crippen molar-refractivity contribution in [2.45, 2.75) is 70.6 Å². The third-order valence-corrected chi connectivity index (χ3v) is 4.15. The van der Waals surface area contributed by atoms with Crippen LogP contribution in [0.25, 0.3) is 0 Å². The molecule has 2 heterocycles. The lowest BCUT2D eigenvalue weighted by molar-refractivity contribution is 0.0287. The number of amides is 1. The summed E-state index contributed by atoms with van der Waals surface area (Å²) in [5, 5.41) is 3.66. The second kappa shape index (κ2) is 5.70. The summed E-state index contributed by atoms with van der Waals surface area (Å²) in [6.45, 7) is 6.52. The maximum Gasteiger partial charge on any atom is 0.410 e. The van der Waals surface area contributed by atoms with E-state index in [1.807, 2.05) is 27.8 Å². The van der Waals surface area contributed by atoms with Gasteiger partial charge in [0.2, 0.25) is 0 Å². The highest BCUT2D eigenvalue weighted by Crippen LogP contribution is 2.32. The van der Waals surface area contributed by atoms with Gasteiger partial charge in [-0.25, -0.2) is 4.79 Å². The SMILES string of the molecule is CN(CCC1CC2CCC(C1)N2)C(=O)OC(C)(C)C. The third kappa shape index (κ3) is 4.37. The van der Waals surface area contributed by atoms with Crippen molar-refractivity contribution in [3.05, 3.63) is 0 Å². The van der Waals surface area contributed by atoms with E-state index in [1.54, 1.807) is 4.90 Å². The monoisotopic (exact) mass is 268 g/mol. The number of hydrogen-bond donors (Lipinski definition) is 1. The molecule has 2 bridgehead atoms. The molecule has 19 heavy (non-hydrogen) atoms. The molecule has 0 radical (unpaired) electrons. The minimum absolute atomic E-state index is 0.204. The Bertz CT molecular complexity index is 313. The van der Waals surface area contributed by atoms with Gasteiger partial charge in [0.15, 0.2) is 0 Å². The second-order valence-corrected chi connectivity index (χ2v) is 7.17. The van der Waals surface area contributed by atoms with Crippen LogP contribution in [0, 0.1) is 5.92 Å². The van der Waals surface area contributed by atoms with Gasteiger partial charge in [0, 0.05) is 25.7 Å². The zero-order chi connectivity index (χ0) is 14.0. The van der Waals surface area contributed by atoms with Crippen LogP contribution in [0.1, 0.15) is 52.9 Å². The molecule has 4 heteroatoms. The summed E-state index contributed by atoms with van der Waals surface area (Å²) >= 11 is 0. The van der Waals surface area contributed by atoms with E-state index in [0.29, 0.717) is 0 Å². The second-order valence-electron chi connectivity index (χ2n) is 7.17. The Balaban J connectivity index is 1.71. The van der Waals surface area contributed by atoms with Crippen LogP contribution in [-0.2, 0) is 4.74 Å². The largest absolute Gasteiger partial charge is 0.444 e. The topological polar surface area (TPSA) is 41.6 Å². The molecule has 4 nitrogen and oxygen atoms in total. The Kier molecular flexibility index (Phi) is 4.39. The first-order valence-corrected chi connectivity index (χ1v) is 7.53. The van der Waals surface area contributed by atoms with E-state index in [0.717, 1.165) is 31.0 Å². The van der Waals surface area contributed by atoms with Crippen LogP contribution in [0.4, 0.5) is 4.79 Å². The van der Waals surface area contributed by atoms with Gasteiger partial charge >= 0.3 is 6.09 Å². The maximum atomic E-state index is 11.9. The Hall–Kier alpha value is -0.770. The number of hydrogen-bond acceptors (Lipinski definition) is 3. The zero-order valence-electron chi connectivity index (χ0n) is 12.7. The lowest BCUT2D eigenvalue weighted by atomic mass is 9.89. The van der Waals surface area contributed by atoms with Crippen molar-refractivity contribution in [3.8, 4) is 0 Å². The van der Waals surface area contributed by atoms with Crippen LogP contribution in [0.3, 0.4) is 0 Å². The normalized spacial score (nSPS) is 30.2. The van der Waals surface area contributed by atoms with Gasteiger partial charge in [-0.3, -0.25) is 0 Å². The molecule has 2 aliphatic heterocycles. The lowest BCUT2D eigenvalue weighted by Crippen LogP contribution is -2.40. The number of carbonyl (C=O) groups excluding carboxylic acids is 1. The average Bonchev–Trinajstić information content (AvgIpc) is 2.63. The summed E-state index contributed by atoms with van der Waals surface area (Å²) in [5.41, 5.74) is -0.404. The Morgan fingerprint density at radius 3 is 2.37 bits per heavy atom. The third-order valence-electron chi connectivity index (χ3n) is 4.15. The molecule has 0 spiro atoms. The fraction of sp³-hybridized carbons (Fsp3) is 0.933. The Morgan fingerprint density at radius 1 is 1.26 bits per heavy atom. The first-order valence-electron chi connectivity index (χ1n) is 7.53. The summed E-state index contributed by atoms with van der Waals surface area (Å²) in [6.07, 6.45) is 6.12. The quantitative estimate of drug-likeness (QED) is 0.855. The summed E-state index contributed by atoms with van der Waals surface area (Å²) in [5.74, 6) is 0.767. The predicted octanol–water partition coefficient (Wildman–Crippen LogP) is 2.77. The molecule has 2 aliphatic rings. The van der Waals surface area contributed by atoms with Gasteiger partial charge in [0.1, 0.15) is 5.60 Å². The van der Waals surface area contributed by atoms with Crippen LogP contribution in [0.5, 0.6) is 0 Å². The summed E-state index contributed by atoms with van der Waals surface area (Å²) in [7, 11) is 1.84. The van der Waals surface area contributed by atoms with Gasteiger partial charge in [-0.15, -0.1) is 0 Å².